The third-order valence-corrected chi connectivity index (χ3v) is 3.04. The highest BCUT2D eigenvalue weighted by atomic mass is 32.1. The maximum absolute atomic E-state index is 11.5. The summed E-state index contributed by atoms with van der Waals surface area (Å²) in [6, 6.07) is 0. The third-order valence-electron chi connectivity index (χ3n) is 2.07. The normalized spacial score (nSPS) is 10.8. The molecule has 0 saturated carbocycles. The summed E-state index contributed by atoms with van der Waals surface area (Å²) in [4.78, 5) is 15.8. The van der Waals surface area contributed by atoms with Gasteiger partial charge in [-0.1, -0.05) is 0 Å². The first-order chi connectivity index (χ1) is 8.08. The minimum Gasteiger partial charge on any atom is -0.379 e. The van der Waals surface area contributed by atoms with Gasteiger partial charge >= 0.3 is 0 Å². The highest BCUT2D eigenvalue weighted by molar-refractivity contribution is 7.09. The minimum absolute atomic E-state index is 0.0314. The molecule has 1 amide bonds. The van der Waals surface area contributed by atoms with Gasteiger partial charge in [0, 0.05) is 24.2 Å². The van der Waals surface area contributed by atoms with E-state index < -0.39 is 0 Å². The first kappa shape index (κ1) is 14.1. The Labute approximate surface area is 106 Å². The molecule has 5 heteroatoms. The molecule has 4 nitrogen and oxygen atoms in total. The maximum atomic E-state index is 11.5. The number of nitrogens with one attached hydrogen (secondary N) is 1. The molecule has 17 heavy (non-hydrogen) atoms. The Kier molecular flexibility index (Phi) is 6.15. The van der Waals surface area contributed by atoms with Crippen molar-refractivity contribution in [3.05, 3.63) is 16.1 Å². The summed E-state index contributed by atoms with van der Waals surface area (Å²) in [5.41, 5.74) is 0.975. The fraction of sp³-hybridized carbons (Fsp3) is 0.667. The number of nitrogens with zero attached hydrogens (tertiary/aromatic N) is 1. The molecule has 0 atom stereocenters. The average molecular weight is 256 g/mol. The number of aromatic nitrogens is 1. The average Bonchev–Trinajstić information content (AvgIpc) is 2.63. The lowest BCUT2D eigenvalue weighted by molar-refractivity contribution is -0.120. The topological polar surface area (TPSA) is 51.2 Å². The zero-order valence-electron chi connectivity index (χ0n) is 10.7. The van der Waals surface area contributed by atoms with E-state index in [0.717, 1.165) is 17.1 Å². The van der Waals surface area contributed by atoms with Gasteiger partial charge in [-0.15, -0.1) is 11.3 Å². The fourth-order valence-electron chi connectivity index (χ4n) is 1.30. The molecule has 0 saturated heterocycles. The molecule has 0 radical (unpaired) electrons. The van der Waals surface area contributed by atoms with Crippen molar-refractivity contribution < 1.29 is 9.53 Å². The number of amides is 1. The summed E-state index contributed by atoms with van der Waals surface area (Å²) in [6.07, 6.45) is 1.48. The third kappa shape index (κ3) is 6.38. The van der Waals surface area contributed by atoms with E-state index in [0.29, 0.717) is 19.6 Å². The Hall–Kier alpha value is -0.940. The fourth-order valence-corrected chi connectivity index (χ4v) is 2.07. The summed E-state index contributed by atoms with van der Waals surface area (Å²) in [5, 5.41) is 5.69. The van der Waals surface area contributed by atoms with Gasteiger partial charge < -0.3 is 10.1 Å². The van der Waals surface area contributed by atoms with Crippen molar-refractivity contribution in [1.82, 2.24) is 10.3 Å². The van der Waals surface area contributed by atoms with Gasteiger partial charge in [0.15, 0.2) is 0 Å². The number of rotatable bonds is 7. The van der Waals surface area contributed by atoms with Crippen LogP contribution < -0.4 is 5.32 Å². The molecule has 1 N–H and O–H groups in total. The summed E-state index contributed by atoms with van der Waals surface area (Å²) >= 11 is 1.53. The molecule has 0 fully saturated rings. The number of thiazole rings is 1. The zero-order chi connectivity index (χ0) is 12.7. The second kappa shape index (κ2) is 7.40. The first-order valence-corrected chi connectivity index (χ1v) is 6.75. The van der Waals surface area contributed by atoms with Crippen LogP contribution in [0.4, 0.5) is 0 Å². The van der Waals surface area contributed by atoms with Gasteiger partial charge in [-0.3, -0.25) is 4.79 Å². The van der Waals surface area contributed by atoms with E-state index in [1.54, 1.807) is 0 Å². The van der Waals surface area contributed by atoms with Gasteiger partial charge in [0.1, 0.15) is 5.01 Å². The quantitative estimate of drug-likeness (QED) is 0.758. The van der Waals surface area contributed by atoms with Crippen LogP contribution in [0.1, 0.15) is 31.0 Å². The Morgan fingerprint density at radius 2 is 2.35 bits per heavy atom. The molecule has 96 valence electrons. The van der Waals surface area contributed by atoms with Crippen molar-refractivity contribution in [3.8, 4) is 0 Å². The van der Waals surface area contributed by atoms with Crippen molar-refractivity contribution in [1.29, 1.82) is 0 Å². The van der Waals surface area contributed by atoms with Crippen molar-refractivity contribution in [2.75, 3.05) is 13.2 Å². The highest BCUT2D eigenvalue weighted by Gasteiger charge is 2.05. The van der Waals surface area contributed by atoms with E-state index in [4.69, 9.17) is 4.74 Å². The molecule has 0 aromatic carbocycles. The lowest BCUT2D eigenvalue weighted by Crippen LogP contribution is -2.27. The SMILES string of the molecule is Cc1csc(CC(=O)NCCCOC(C)C)n1. The Bertz CT molecular complexity index is 350. The van der Waals surface area contributed by atoms with Crippen LogP contribution in [-0.4, -0.2) is 30.1 Å². The summed E-state index contributed by atoms with van der Waals surface area (Å²) in [6.45, 7) is 7.29. The number of hydrogen-bond donors (Lipinski definition) is 1. The lowest BCUT2D eigenvalue weighted by Gasteiger charge is -2.07. The molecule has 1 aromatic rings. The maximum Gasteiger partial charge on any atom is 0.226 e. The van der Waals surface area contributed by atoms with Crippen LogP contribution in [0, 0.1) is 6.92 Å². The van der Waals surface area contributed by atoms with Gasteiger partial charge in [0.25, 0.3) is 0 Å². The number of carbonyl (C=O) groups excluding carboxylic acids is 1. The predicted molar refractivity (Wildman–Crippen MR) is 69.3 cm³/mol. The van der Waals surface area contributed by atoms with E-state index in [1.807, 2.05) is 26.2 Å². The summed E-state index contributed by atoms with van der Waals surface area (Å²) in [7, 11) is 0. The largest absolute Gasteiger partial charge is 0.379 e. The van der Waals surface area contributed by atoms with E-state index >= 15 is 0 Å². The molecule has 1 aromatic heterocycles. The second-order valence-corrected chi connectivity index (χ2v) is 5.13. The minimum atomic E-state index is 0.0314. The Balaban J connectivity index is 2.09. The Morgan fingerprint density at radius 3 is 2.94 bits per heavy atom. The van der Waals surface area contributed by atoms with Crippen LogP contribution in [0.5, 0.6) is 0 Å². The molecule has 0 bridgehead atoms. The van der Waals surface area contributed by atoms with E-state index in [-0.39, 0.29) is 12.0 Å². The van der Waals surface area contributed by atoms with Crippen LogP contribution in [0.2, 0.25) is 0 Å². The van der Waals surface area contributed by atoms with Crippen LogP contribution in [-0.2, 0) is 16.0 Å². The van der Waals surface area contributed by atoms with Gasteiger partial charge in [0.05, 0.1) is 12.5 Å². The molecule has 1 rings (SSSR count). The van der Waals surface area contributed by atoms with Crippen molar-refractivity contribution >= 4 is 17.2 Å². The smallest absolute Gasteiger partial charge is 0.226 e. The molecule has 0 aliphatic rings. The number of aryl methyl sites for hydroxylation is 1. The summed E-state index contributed by atoms with van der Waals surface area (Å²) < 4.78 is 5.38. The molecular weight excluding hydrogens is 236 g/mol. The van der Waals surface area contributed by atoms with Crippen molar-refractivity contribution in [3.63, 3.8) is 0 Å². The molecule has 1 heterocycles. The van der Waals surface area contributed by atoms with Crippen LogP contribution in [0.15, 0.2) is 5.38 Å². The lowest BCUT2D eigenvalue weighted by atomic mass is 10.4. The monoisotopic (exact) mass is 256 g/mol. The first-order valence-electron chi connectivity index (χ1n) is 5.87. The van der Waals surface area contributed by atoms with E-state index in [9.17, 15) is 4.79 Å². The summed E-state index contributed by atoms with van der Waals surface area (Å²) in [5.74, 6) is 0.0314. The molecular formula is C12H20N2O2S. The molecule has 0 unspecified atom stereocenters. The van der Waals surface area contributed by atoms with Gasteiger partial charge in [-0.2, -0.15) is 0 Å². The zero-order valence-corrected chi connectivity index (χ0v) is 11.5. The van der Waals surface area contributed by atoms with Crippen LogP contribution in [0.25, 0.3) is 0 Å². The highest BCUT2D eigenvalue weighted by Crippen LogP contribution is 2.08. The number of carbonyl (C=O) groups is 1. The standard InChI is InChI=1S/C12H20N2O2S/c1-9(2)16-6-4-5-13-11(15)7-12-14-10(3)8-17-12/h8-9H,4-7H2,1-3H3,(H,13,15). The molecule has 0 aliphatic heterocycles. The van der Waals surface area contributed by atoms with Crippen LogP contribution >= 0.6 is 11.3 Å². The van der Waals surface area contributed by atoms with E-state index in [2.05, 4.69) is 10.3 Å². The molecule has 0 aliphatic carbocycles. The van der Waals surface area contributed by atoms with Crippen molar-refractivity contribution in [2.24, 2.45) is 0 Å². The van der Waals surface area contributed by atoms with Crippen molar-refractivity contribution in [2.45, 2.75) is 39.7 Å². The predicted octanol–water partition coefficient (Wildman–Crippen LogP) is 1.93. The Morgan fingerprint density at radius 1 is 1.59 bits per heavy atom. The number of ether oxygens (including phenoxy) is 1. The van der Waals surface area contributed by atoms with Gasteiger partial charge in [-0.25, -0.2) is 4.98 Å². The van der Waals surface area contributed by atoms with Gasteiger partial charge in [-0.05, 0) is 27.2 Å². The van der Waals surface area contributed by atoms with Crippen LogP contribution in [0.3, 0.4) is 0 Å². The molecule has 0 spiro atoms. The van der Waals surface area contributed by atoms with E-state index in [1.165, 1.54) is 11.3 Å². The number of hydrogen-bond acceptors (Lipinski definition) is 4. The second-order valence-electron chi connectivity index (χ2n) is 4.18. The van der Waals surface area contributed by atoms with Gasteiger partial charge in [0.2, 0.25) is 5.91 Å².